The van der Waals surface area contributed by atoms with Gasteiger partial charge in [0.25, 0.3) is 5.91 Å². The second-order valence-electron chi connectivity index (χ2n) is 4.64. The van der Waals surface area contributed by atoms with E-state index in [-0.39, 0.29) is 24.3 Å². The Hall–Kier alpha value is -1.81. The highest BCUT2D eigenvalue weighted by Crippen LogP contribution is 2.23. The molecule has 2 rings (SSSR count). The number of hydrogen-bond donors (Lipinski definition) is 2. The molecule has 4 nitrogen and oxygen atoms in total. The molecule has 1 heterocycles. The lowest BCUT2D eigenvalue weighted by Crippen LogP contribution is -2.34. The molecule has 1 unspecified atom stereocenters. The minimum atomic E-state index is -0.303. The lowest BCUT2D eigenvalue weighted by molar-refractivity contribution is 0.0896. The maximum Gasteiger partial charge on any atom is 0.287 e. The van der Waals surface area contributed by atoms with Gasteiger partial charge in [-0.05, 0) is 50.1 Å². The minimum absolute atomic E-state index is 0.0931. The quantitative estimate of drug-likeness (QED) is 0.873. The number of rotatable bonds is 3. The van der Waals surface area contributed by atoms with E-state index in [0.29, 0.717) is 5.58 Å². The normalized spacial score (nSPS) is 12.7. The van der Waals surface area contributed by atoms with Gasteiger partial charge in [-0.15, -0.1) is 0 Å². The number of aliphatic hydroxyl groups is 1. The minimum Gasteiger partial charge on any atom is -0.451 e. The van der Waals surface area contributed by atoms with Crippen molar-refractivity contribution in [2.75, 3.05) is 6.61 Å². The first-order valence-electron chi connectivity index (χ1n) is 5.93. The Kier molecular flexibility index (Phi) is 3.39. The van der Waals surface area contributed by atoms with E-state index in [1.54, 1.807) is 13.0 Å². The van der Waals surface area contributed by atoms with Crippen LogP contribution in [0.4, 0.5) is 0 Å². The van der Waals surface area contributed by atoms with E-state index in [0.717, 1.165) is 10.9 Å². The van der Waals surface area contributed by atoms with Gasteiger partial charge in [0.15, 0.2) is 5.76 Å². The summed E-state index contributed by atoms with van der Waals surface area (Å²) in [5.41, 5.74) is 3.01. The molecule has 0 saturated heterocycles. The fourth-order valence-corrected chi connectivity index (χ4v) is 1.75. The summed E-state index contributed by atoms with van der Waals surface area (Å²) in [4.78, 5) is 11.8. The topological polar surface area (TPSA) is 62.5 Å². The van der Waals surface area contributed by atoms with Gasteiger partial charge in [-0.3, -0.25) is 4.79 Å². The number of benzene rings is 1. The lowest BCUT2D eigenvalue weighted by atomic mass is 10.1. The highest BCUT2D eigenvalue weighted by molar-refractivity contribution is 5.96. The van der Waals surface area contributed by atoms with Crippen molar-refractivity contribution in [3.8, 4) is 0 Å². The average Bonchev–Trinajstić information content (AvgIpc) is 2.72. The third-order valence-corrected chi connectivity index (χ3v) is 3.01. The first-order valence-corrected chi connectivity index (χ1v) is 5.93. The van der Waals surface area contributed by atoms with Gasteiger partial charge in [0.1, 0.15) is 5.58 Å². The Morgan fingerprint density at radius 3 is 2.67 bits per heavy atom. The van der Waals surface area contributed by atoms with Crippen LogP contribution in [-0.4, -0.2) is 23.7 Å². The standard InChI is InChI=1S/C14H17NO3/c1-8-4-11-6-13(14(17)15-10(3)7-16)18-12(11)5-9(8)2/h4-6,10,16H,7H2,1-3H3,(H,15,17). The van der Waals surface area contributed by atoms with Gasteiger partial charge in [-0.25, -0.2) is 0 Å². The summed E-state index contributed by atoms with van der Waals surface area (Å²) in [6.45, 7) is 5.67. The van der Waals surface area contributed by atoms with E-state index in [9.17, 15) is 4.79 Å². The summed E-state index contributed by atoms with van der Waals surface area (Å²) >= 11 is 0. The van der Waals surface area contributed by atoms with Gasteiger partial charge in [0, 0.05) is 11.4 Å². The van der Waals surface area contributed by atoms with E-state index in [4.69, 9.17) is 9.52 Å². The Balaban J connectivity index is 2.32. The highest BCUT2D eigenvalue weighted by Gasteiger charge is 2.14. The predicted octanol–water partition coefficient (Wildman–Crippen LogP) is 2.16. The molecule has 2 N–H and O–H groups in total. The molecule has 1 amide bonds. The largest absolute Gasteiger partial charge is 0.451 e. The molecule has 0 aliphatic rings. The number of furan rings is 1. The maximum absolute atomic E-state index is 11.8. The second kappa shape index (κ2) is 4.82. The number of hydrogen-bond acceptors (Lipinski definition) is 3. The van der Waals surface area contributed by atoms with Crippen molar-refractivity contribution in [3.05, 3.63) is 35.1 Å². The SMILES string of the molecule is Cc1cc2cc(C(=O)NC(C)CO)oc2cc1C. The Morgan fingerprint density at radius 1 is 1.33 bits per heavy atom. The first kappa shape index (κ1) is 12.6. The van der Waals surface area contributed by atoms with Crippen LogP contribution in [0.2, 0.25) is 0 Å². The monoisotopic (exact) mass is 247 g/mol. The van der Waals surface area contributed by atoms with Crippen molar-refractivity contribution in [2.45, 2.75) is 26.8 Å². The zero-order valence-corrected chi connectivity index (χ0v) is 10.8. The van der Waals surface area contributed by atoms with Crippen molar-refractivity contribution in [1.29, 1.82) is 0 Å². The third-order valence-electron chi connectivity index (χ3n) is 3.01. The molecule has 0 aliphatic heterocycles. The Labute approximate surface area is 106 Å². The van der Waals surface area contributed by atoms with Crippen molar-refractivity contribution < 1.29 is 14.3 Å². The molecule has 0 saturated carbocycles. The smallest absolute Gasteiger partial charge is 0.287 e. The molecule has 2 aromatic rings. The maximum atomic E-state index is 11.8. The van der Waals surface area contributed by atoms with Gasteiger partial charge < -0.3 is 14.8 Å². The number of carbonyl (C=O) groups excluding carboxylic acids is 1. The number of nitrogens with one attached hydrogen (secondary N) is 1. The fourth-order valence-electron chi connectivity index (χ4n) is 1.75. The molecule has 0 fully saturated rings. The van der Waals surface area contributed by atoms with Gasteiger partial charge >= 0.3 is 0 Å². The van der Waals surface area contributed by atoms with Crippen LogP contribution < -0.4 is 5.32 Å². The first-order chi connectivity index (χ1) is 8.51. The average molecular weight is 247 g/mol. The van der Waals surface area contributed by atoms with Crippen LogP contribution in [0.5, 0.6) is 0 Å². The van der Waals surface area contributed by atoms with Gasteiger partial charge in [0.2, 0.25) is 0 Å². The molecular formula is C14H17NO3. The summed E-state index contributed by atoms with van der Waals surface area (Å²) in [6, 6.07) is 5.37. The van der Waals surface area contributed by atoms with E-state index in [2.05, 4.69) is 5.32 Å². The van der Waals surface area contributed by atoms with Crippen LogP contribution in [0.1, 0.15) is 28.6 Å². The molecule has 0 spiro atoms. The predicted molar refractivity (Wildman–Crippen MR) is 69.7 cm³/mol. The van der Waals surface area contributed by atoms with Crippen LogP contribution in [0.25, 0.3) is 11.0 Å². The molecule has 18 heavy (non-hydrogen) atoms. The molecule has 0 bridgehead atoms. The van der Waals surface area contributed by atoms with Crippen molar-refractivity contribution in [3.63, 3.8) is 0 Å². The summed E-state index contributed by atoms with van der Waals surface area (Å²) in [6.07, 6.45) is 0. The Morgan fingerprint density at radius 2 is 2.00 bits per heavy atom. The number of aliphatic hydroxyl groups excluding tert-OH is 1. The zero-order chi connectivity index (χ0) is 13.3. The van der Waals surface area contributed by atoms with Crippen molar-refractivity contribution in [2.24, 2.45) is 0 Å². The van der Waals surface area contributed by atoms with E-state index in [1.807, 2.05) is 26.0 Å². The molecule has 4 heteroatoms. The third kappa shape index (κ3) is 2.38. The van der Waals surface area contributed by atoms with E-state index < -0.39 is 0 Å². The highest BCUT2D eigenvalue weighted by atomic mass is 16.3. The molecule has 1 aromatic heterocycles. The van der Waals surface area contributed by atoms with Crippen LogP contribution in [-0.2, 0) is 0 Å². The van der Waals surface area contributed by atoms with Crippen LogP contribution >= 0.6 is 0 Å². The second-order valence-corrected chi connectivity index (χ2v) is 4.64. The summed E-state index contributed by atoms with van der Waals surface area (Å²) in [5, 5.41) is 12.5. The van der Waals surface area contributed by atoms with Gasteiger partial charge in [-0.1, -0.05) is 0 Å². The number of amides is 1. The number of aryl methyl sites for hydroxylation is 2. The summed E-state index contributed by atoms with van der Waals surface area (Å²) < 4.78 is 5.52. The number of carbonyl (C=O) groups is 1. The molecule has 0 aliphatic carbocycles. The van der Waals surface area contributed by atoms with Crippen LogP contribution in [0.15, 0.2) is 22.6 Å². The van der Waals surface area contributed by atoms with Crippen molar-refractivity contribution in [1.82, 2.24) is 5.32 Å². The van der Waals surface area contributed by atoms with E-state index >= 15 is 0 Å². The van der Waals surface area contributed by atoms with Crippen LogP contribution in [0.3, 0.4) is 0 Å². The molecule has 0 radical (unpaired) electrons. The summed E-state index contributed by atoms with van der Waals surface area (Å²) in [5.74, 6) is -0.0293. The Bertz CT molecular complexity index is 547. The zero-order valence-electron chi connectivity index (χ0n) is 10.8. The number of fused-ring (bicyclic) bond motifs is 1. The molecule has 1 aromatic carbocycles. The van der Waals surface area contributed by atoms with Gasteiger partial charge in [-0.2, -0.15) is 0 Å². The lowest BCUT2D eigenvalue weighted by Gasteiger charge is -2.08. The van der Waals surface area contributed by atoms with Gasteiger partial charge in [0.05, 0.1) is 6.61 Å². The fraction of sp³-hybridized carbons (Fsp3) is 0.357. The summed E-state index contributed by atoms with van der Waals surface area (Å²) in [7, 11) is 0. The molecular weight excluding hydrogens is 230 g/mol. The molecule has 96 valence electrons. The molecule has 1 atom stereocenters. The van der Waals surface area contributed by atoms with Crippen molar-refractivity contribution >= 4 is 16.9 Å². The van der Waals surface area contributed by atoms with Crippen LogP contribution in [0, 0.1) is 13.8 Å². The van der Waals surface area contributed by atoms with E-state index in [1.165, 1.54) is 5.56 Å².